The monoisotopic (exact) mass is 298 g/mol. The maximum Gasteiger partial charge on any atom is 0.165 e. The molecule has 0 radical (unpaired) electrons. The van der Waals surface area contributed by atoms with Crippen LogP contribution in [0.2, 0.25) is 0 Å². The van der Waals surface area contributed by atoms with Crippen LogP contribution in [0.5, 0.6) is 5.75 Å². The molecule has 0 aliphatic carbocycles. The zero-order valence-corrected chi connectivity index (χ0v) is 12.6. The smallest absolute Gasteiger partial charge is 0.165 e. The summed E-state index contributed by atoms with van der Waals surface area (Å²) in [6.45, 7) is 0.863. The lowest BCUT2D eigenvalue weighted by atomic mass is 10.1. The number of rotatable bonds is 5. The molecule has 1 heterocycles. The molecule has 0 bridgehead atoms. The summed E-state index contributed by atoms with van der Waals surface area (Å²) in [5, 5.41) is 0.823. The van der Waals surface area contributed by atoms with E-state index in [2.05, 4.69) is 0 Å². The van der Waals surface area contributed by atoms with Gasteiger partial charge in [-0.05, 0) is 36.2 Å². The Labute approximate surface area is 129 Å². The second-order valence-electron chi connectivity index (χ2n) is 5.35. The van der Waals surface area contributed by atoms with E-state index in [-0.39, 0.29) is 5.82 Å². The fraction of sp³-hybridized carbons (Fsp3) is 0.222. The van der Waals surface area contributed by atoms with Crippen molar-refractivity contribution in [2.24, 2.45) is 12.8 Å². The molecule has 3 aromatic rings. The highest BCUT2D eigenvalue weighted by Crippen LogP contribution is 2.33. The van der Waals surface area contributed by atoms with Gasteiger partial charge in [0.15, 0.2) is 11.6 Å². The van der Waals surface area contributed by atoms with Crippen molar-refractivity contribution in [2.75, 3.05) is 6.54 Å². The maximum absolute atomic E-state index is 14.3. The highest BCUT2D eigenvalue weighted by Gasteiger charge is 2.16. The second-order valence-corrected chi connectivity index (χ2v) is 5.35. The quantitative estimate of drug-likeness (QED) is 0.784. The normalized spacial score (nSPS) is 11.0. The first-order valence-electron chi connectivity index (χ1n) is 7.34. The van der Waals surface area contributed by atoms with Gasteiger partial charge in [0.2, 0.25) is 0 Å². The molecule has 1 aromatic heterocycles. The van der Waals surface area contributed by atoms with E-state index in [9.17, 15) is 4.39 Å². The van der Waals surface area contributed by atoms with Crippen molar-refractivity contribution >= 4 is 10.9 Å². The number of nitrogens with two attached hydrogens (primary N) is 1. The average Bonchev–Trinajstić information content (AvgIpc) is 2.84. The SMILES string of the molecule is Cn1cc(CCN)c2c(OCc3ccccc3)c(F)ccc21. The van der Waals surface area contributed by atoms with E-state index in [1.165, 1.54) is 6.07 Å². The lowest BCUT2D eigenvalue weighted by molar-refractivity contribution is 0.294. The van der Waals surface area contributed by atoms with E-state index >= 15 is 0 Å². The molecular formula is C18H19FN2O. The number of benzene rings is 2. The highest BCUT2D eigenvalue weighted by atomic mass is 19.1. The lowest BCUT2D eigenvalue weighted by Gasteiger charge is -2.10. The molecule has 0 unspecified atom stereocenters. The first-order valence-corrected chi connectivity index (χ1v) is 7.34. The van der Waals surface area contributed by atoms with Crippen LogP contribution in [0.4, 0.5) is 4.39 Å². The van der Waals surface area contributed by atoms with Crippen molar-refractivity contribution < 1.29 is 9.13 Å². The Morgan fingerprint density at radius 2 is 1.91 bits per heavy atom. The fourth-order valence-corrected chi connectivity index (χ4v) is 2.73. The van der Waals surface area contributed by atoms with E-state index in [0.717, 1.165) is 22.0 Å². The van der Waals surface area contributed by atoms with Crippen molar-refractivity contribution in [2.45, 2.75) is 13.0 Å². The Morgan fingerprint density at radius 3 is 2.64 bits per heavy atom. The van der Waals surface area contributed by atoms with Crippen molar-refractivity contribution in [3.63, 3.8) is 0 Å². The summed E-state index contributed by atoms with van der Waals surface area (Å²) < 4.78 is 22.1. The van der Waals surface area contributed by atoms with Gasteiger partial charge in [-0.1, -0.05) is 30.3 Å². The van der Waals surface area contributed by atoms with Crippen molar-refractivity contribution in [3.8, 4) is 5.75 Å². The predicted molar refractivity (Wildman–Crippen MR) is 86.4 cm³/mol. The van der Waals surface area contributed by atoms with Gasteiger partial charge in [0.25, 0.3) is 0 Å². The van der Waals surface area contributed by atoms with Crippen LogP contribution in [-0.2, 0) is 20.1 Å². The summed E-state index contributed by atoms with van der Waals surface area (Å²) in [6.07, 6.45) is 2.69. The average molecular weight is 298 g/mol. The fourth-order valence-electron chi connectivity index (χ4n) is 2.73. The lowest BCUT2D eigenvalue weighted by Crippen LogP contribution is -2.03. The molecule has 2 aromatic carbocycles. The van der Waals surface area contributed by atoms with E-state index < -0.39 is 0 Å². The Kier molecular flexibility index (Phi) is 4.11. The van der Waals surface area contributed by atoms with Crippen LogP contribution in [-0.4, -0.2) is 11.1 Å². The first-order chi connectivity index (χ1) is 10.7. The summed E-state index contributed by atoms with van der Waals surface area (Å²) >= 11 is 0. The molecule has 22 heavy (non-hydrogen) atoms. The Hall–Kier alpha value is -2.33. The van der Waals surface area contributed by atoms with Crippen molar-refractivity contribution in [3.05, 3.63) is 65.6 Å². The van der Waals surface area contributed by atoms with E-state index in [0.29, 0.717) is 25.3 Å². The molecule has 0 saturated heterocycles. The van der Waals surface area contributed by atoms with Gasteiger partial charge < -0.3 is 15.0 Å². The molecule has 3 rings (SSSR count). The van der Waals surface area contributed by atoms with E-state index in [1.807, 2.05) is 48.1 Å². The highest BCUT2D eigenvalue weighted by molar-refractivity contribution is 5.90. The van der Waals surface area contributed by atoms with Crippen molar-refractivity contribution in [1.82, 2.24) is 4.57 Å². The second kappa shape index (κ2) is 6.20. The van der Waals surface area contributed by atoms with Gasteiger partial charge in [-0.15, -0.1) is 0 Å². The number of halogens is 1. The number of fused-ring (bicyclic) bond motifs is 1. The van der Waals surface area contributed by atoms with E-state index in [4.69, 9.17) is 10.5 Å². The molecule has 0 aliphatic rings. The third-order valence-electron chi connectivity index (χ3n) is 3.78. The Bertz CT molecular complexity index is 781. The minimum atomic E-state index is -0.340. The number of aryl methyl sites for hydroxylation is 1. The Morgan fingerprint density at radius 1 is 1.14 bits per heavy atom. The molecule has 0 spiro atoms. The number of hydrogen-bond donors (Lipinski definition) is 1. The van der Waals surface area contributed by atoms with E-state index in [1.54, 1.807) is 6.07 Å². The van der Waals surface area contributed by atoms with Crippen LogP contribution in [0.25, 0.3) is 10.9 Å². The van der Waals surface area contributed by atoms with Crippen molar-refractivity contribution in [1.29, 1.82) is 0 Å². The van der Waals surface area contributed by atoms with Crippen LogP contribution < -0.4 is 10.5 Å². The van der Waals surface area contributed by atoms with Gasteiger partial charge in [-0.25, -0.2) is 4.39 Å². The van der Waals surface area contributed by atoms with Gasteiger partial charge in [-0.2, -0.15) is 0 Å². The van der Waals surface area contributed by atoms with Crippen LogP contribution in [0.3, 0.4) is 0 Å². The summed E-state index contributed by atoms with van der Waals surface area (Å²) in [5.41, 5.74) is 8.65. The molecule has 3 nitrogen and oxygen atoms in total. The molecule has 0 saturated carbocycles. The number of hydrogen-bond acceptors (Lipinski definition) is 2. The van der Waals surface area contributed by atoms with Gasteiger partial charge in [-0.3, -0.25) is 0 Å². The third kappa shape index (κ3) is 2.70. The molecule has 0 amide bonds. The van der Waals surface area contributed by atoms with Gasteiger partial charge in [0, 0.05) is 18.6 Å². The largest absolute Gasteiger partial charge is 0.485 e. The van der Waals surface area contributed by atoms with Gasteiger partial charge in [0.1, 0.15) is 6.61 Å². The predicted octanol–water partition coefficient (Wildman–Crippen LogP) is 3.40. The molecule has 0 aliphatic heterocycles. The number of aromatic nitrogens is 1. The van der Waals surface area contributed by atoms with Gasteiger partial charge in [0.05, 0.1) is 5.52 Å². The zero-order chi connectivity index (χ0) is 15.5. The maximum atomic E-state index is 14.3. The Balaban J connectivity index is 2.01. The summed E-state index contributed by atoms with van der Waals surface area (Å²) in [5.74, 6) is -0.0293. The summed E-state index contributed by atoms with van der Waals surface area (Å²) in [4.78, 5) is 0. The van der Waals surface area contributed by atoms with Crippen LogP contribution in [0, 0.1) is 5.82 Å². The summed E-state index contributed by atoms with van der Waals surface area (Å²) in [6, 6.07) is 13.0. The standard InChI is InChI=1S/C18H19FN2O/c1-21-11-14(9-10-20)17-16(21)8-7-15(19)18(17)22-12-13-5-3-2-4-6-13/h2-8,11H,9-10,12,20H2,1H3. The molecular weight excluding hydrogens is 279 g/mol. The van der Waals surface area contributed by atoms with Crippen LogP contribution in [0.15, 0.2) is 48.7 Å². The third-order valence-corrected chi connectivity index (χ3v) is 3.78. The molecule has 4 heteroatoms. The number of nitrogens with zero attached hydrogens (tertiary/aromatic N) is 1. The topological polar surface area (TPSA) is 40.2 Å². The first kappa shape index (κ1) is 14.6. The molecule has 0 atom stereocenters. The summed E-state index contributed by atoms with van der Waals surface area (Å²) in [7, 11) is 1.95. The van der Waals surface area contributed by atoms with Gasteiger partial charge >= 0.3 is 0 Å². The van der Waals surface area contributed by atoms with Crippen LogP contribution in [0.1, 0.15) is 11.1 Å². The molecule has 114 valence electrons. The number of ether oxygens (including phenoxy) is 1. The minimum absolute atomic E-state index is 0.311. The minimum Gasteiger partial charge on any atom is -0.485 e. The molecule has 2 N–H and O–H groups in total. The van der Waals surface area contributed by atoms with Crippen LogP contribution >= 0.6 is 0 Å². The molecule has 0 fully saturated rings. The zero-order valence-electron chi connectivity index (χ0n) is 12.6.